The fourth-order valence-corrected chi connectivity index (χ4v) is 3.74. The van der Waals surface area contributed by atoms with Crippen molar-refractivity contribution < 1.29 is 8.76 Å². The first-order valence-corrected chi connectivity index (χ1v) is 9.25. The second-order valence-corrected chi connectivity index (χ2v) is 6.68. The monoisotopic (exact) mass is 347 g/mol. The maximum absolute atomic E-state index is 12.8. The molecule has 0 aliphatic rings. The van der Waals surface area contributed by atoms with Crippen molar-refractivity contribution in [3.05, 3.63) is 44.9 Å². The molecule has 1 unspecified atom stereocenters. The zero-order chi connectivity index (χ0) is 18.0. The highest BCUT2D eigenvalue weighted by Crippen LogP contribution is 2.32. The molecule has 0 bridgehead atoms. The van der Waals surface area contributed by atoms with E-state index < -0.39 is 11.1 Å². The Hall–Kier alpha value is -1.79. The van der Waals surface area contributed by atoms with Gasteiger partial charge in [0.15, 0.2) is 0 Å². The van der Waals surface area contributed by atoms with Gasteiger partial charge < -0.3 is 4.55 Å². The van der Waals surface area contributed by atoms with Gasteiger partial charge in [-0.25, -0.2) is 4.68 Å². The molecular weight excluding hydrogens is 324 g/mol. The summed E-state index contributed by atoms with van der Waals surface area (Å²) in [5, 5.41) is 4.04. The van der Waals surface area contributed by atoms with Crippen LogP contribution < -0.4 is 5.56 Å². The molecule has 130 valence electrons. The van der Waals surface area contributed by atoms with E-state index >= 15 is 0 Å². The number of hydrogen-bond donors (Lipinski definition) is 0. The molecule has 0 saturated carbocycles. The fourth-order valence-electron chi connectivity index (χ4n) is 3.10. The highest BCUT2D eigenvalue weighted by molar-refractivity contribution is 7.79. The largest absolute Gasteiger partial charge is 0.768 e. The number of rotatable bonds is 5. The maximum atomic E-state index is 12.8. The van der Waals surface area contributed by atoms with Gasteiger partial charge in [0, 0.05) is 7.05 Å². The molecule has 0 N–H and O–H groups in total. The van der Waals surface area contributed by atoms with Gasteiger partial charge in [-0.15, -0.1) is 0 Å². The summed E-state index contributed by atoms with van der Waals surface area (Å²) in [5.74, 6) is 0. The van der Waals surface area contributed by atoms with E-state index in [1.165, 1.54) is 10.2 Å². The Morgan fingerprint density at radius 3 is 2.04 bits per heavy atom. The van der Waals surface area contributed by atoms with Crippen molar-refractivity contribution >= 4 is 11.1 Å². The molecule has 2 aromatic rings. The van der Waals surface area contributed by atoms with Crippen molar-refractivity contribution in [2.45, 2.75) is 51.9 Å². The van der Waals surface area contributed by atoms with E-state index in [-0.39, 0.29) is 16.0 Å². The van der Waals surface area contributed by atoms with Gasteiger partial charge in [-0.05, 0) is 59.5 Å². The normalized spacial score (nSPS) is 12.4. The molecule has 0 aliphatic heterocycles. The Morgan fingerprint density at radius 1 is 1.08 bits per heavy atom. The smallest absolute Gasteiger partial charge is 0.275 e. The second kappa shape index (κ2) is 7.40. The summed E-state index contributed by atoms with van der Waals surface area (Å²) in [4.78, 5) is 12.8. The average molecular weight is 347 g/mol. The molecule has 0 saturated heterocycles. The minimum absolute atomic E-state index is 0.00625. The van der Waals surface area contributed by atoms with E-state index in [1.807, 2.05) is 13.8 Å². The molecule has 2 rings (SSSR count). The second-order valence-electron chi connectivity index (χ2n) is 5.80. The third-order valence-electron chi connectivity index (χ3n) is 4.31. The Bertz CT molecular complexity index is 831. The van der Waals surface area contributed by atoms with Crippen molar-refractivity contribution in [2.75, 3.05) is 0 Å². The van der Waals surface area contributed by atoms with Gasteiger partial charge in [0.05, 0.1) is 16.2 Å². The van der Waals surface area contributed by atoms with E-state index in [0.29, 0.717) is 5.69 Å². The summed E-state index contributed by atoms with van der Waals surface area (Å²) in [7, 11) is 1.55. The molecule has 0 spiro atoms. The topological polar surface area (TPSA) is 75.0 Å². The zero-order valence-electron chi connectivity index (χ0n) is 14.8. The minimum atomic E-state index is -2.52. The molecule has 6 heteroatoms. The molecule has 1 aromatic heterocycles. The average Bonchev–Trinajstić information content (AvgIpc) is 2.56. The van der Waals surface area contributed by atoms with Crippen LogP contribution in [0, 0.1) is 6.92 Å². The number of aromatic nitrogens is 2. The van der Waals surface area contributed by atoms with E-state index in [2.05, 4.69) is 24.2 Å². The van der Waals surface area contributed by atoms with Gasteiger partial charge in [-0.2, -0.15) is 5.10 Å². The van der Waals surface area contributed by atoms with E-state index in [0.717, 1.165) is 36.0 Å². The summed E-state index contributed by atoms with van der Waals surface area (Å²) >= 11 is -2.52. The SMILES string of the molecule is CCc1cc(CC)c(-c2c(S(=O)[O-])c(C)nn(C)c2=O)c(CC)c1. The quantitative estimate of drug-likeness (QED) is 0.779. The van der Waals surface area contributed by atoms with Gasteiger partial charge in [0.2, 0.25) is 0 Å². The van der Waals surface area contributed by atoms with Gasteiger partial charge in [-0.1, -0.05) is 32.9 Å². The minimum Gasteiger partial charge on any atom is -0.768 e. The number of aryl methyl sites for hydroxylation is 5. The van der Waals surface area contributed by atoms with Crippen LogP contribution in [0.3, 0.4) is 0 Å². The fraction of sp³-hybridized carbons (Fsp3) is 0.444. The molecule has 1 atom stereocenters. The van der Waals surface area contributed by atoms with Gasteiger partial charge in [0.25, 0.3) is 5.56 Å². The predicted octanol–water partition coefficient (Wildman–Crippen LogP) is 2.68. The van der Waals surface area contributed by atoms with Crippen LogP contribution in [-0.2, 0) is 37.4 Å². The van der Waals surface area contributed by atoms with Crippen molar-refractivity contribution in [2.24, 2.45) is 7.05 Å². The summed E-state index contributed by atoms with van der Waals surface area (Å²) in [5.41, 5.74) is 4.15. The van der Waals surface area contributed by atoms with Crippen molar-refractivity contribution in [3.8, 4) is 11.1 Å². The molecule has 0 radical (unpaired) electrons. The summed E-state index contributed by atoms with van der Waals surface area (Å²) < 4.78 is 24.8. The van der Waals surface area contributed by atoms with E-state index in [4.69, 9.17) is 0 Å². The lowest BCUT2D eigenvalue weighted by Crippen LogP contribution is -2.26. The Kier molecular flexibility index (Phi) is 5.72. The third kappa shape index (κ3) is 3.21. The van der Waals surface area contributed by atoms with Crippen molar-refractivity contribution in [3.63, 3.8) is 0 Å². The summed E-state index contributed by atoms with van der Waals surface area (Å²) in [6.07, 6.45) is 2.35. The lowest BCUT2D eigenvalue weighted by molar-refractivity contribution is 0.534. The highest BCUT2D eigenvalue weighted by Gasteiger charge is 2.21. The van der Waals surface area contributed by atoms with Crippen LogP contribution in [0.25, 0.3) is 11.1 Å². The molecule has 24 heavy (non-hydrogen) atoms. The summed E-state index contributed by atoms with van der Waals surface area (Å²) in [6, 6.07) is 4.14. The lowest BCUT2D eigenvalue weighted by Gasteiger charge is -2.20. The lowest BCUT2D eigenvalue weighted by atomic mass is 9.89. The molecular formula is C18H23N2O3S-. The van der Waals surface area contributed by atoms with Gasteiger partial charge in [-0.3, -0.25) is 9.00 Å². The maximum Gasteiger partial charge on any atom is 0.275 e. The van der Waals surface area contributed by atoms with Crippen LogP contribution in [-0.4, -0.2) is 18.5 Å². The Balaban J connectivity index is 3.01. The third-order valence-corrected chi connectivity index (χ3v) is 5.14. The first kappa shape index (κ1) is 18.5. The van der Waals surface area contributed by atoms with E-state index in [9.17, 15) is 13.6 Å². The van der Waals surface area contributed by atoms with Crippen LogP contribution in [0.4, 0.5) is 0 Å². The van der Waals surface area contributed by atoms with Gasteiger partial charge >= 0.3 is 0 Å². The molecule has 0 aliphatic carbocycles. The Labute approximate surface area is 145 Å². The number of nitrogens with zero attached hydrogens (tertiary/aromatic N) is 2. The molecule has 0 amide bonds. The standard InChI is InChI=1S/C18H24N2O3S/c1-6-12-9-13(7-2)15(14(8-3)10-12)16-17(24(22)23)11(4)19-20(5)18(16)21/h9-10H,6-8H2,1-5H3,(H,22,23)/p-1. The van der Waals surface area contributed by atoms with Gasteiger partial charge in [0.1, 0.15) is 0 Å². The van der Waals surface area contributed by atoms with Crippen LogP contribution >= 0.6 is 0 Å². The van der Waals surface area contributed by atoms with Crippen molar-refractivity contribution in [1.82, 2.24) is 9.78 Å². The predicted molar refractivity (Wildman–Crippen MR) is 95.0 cm³/mol. The number of hydrogen-bond acceptors (Lipinski definition) is 4. The first-order valence-electron chi connectivity index (χ1n) is 8.17. The summed E-state index contributed by atoms with van der Waals surface area (Å²) in [6.45, 7) is 7.74. The van der Waals surface area contributed by atoms with E-state index in [1.54, 1.807) is 14.0 Å². The molecule has 1 heterocycles. The molecule has 5 nitrogen and oxygen atoms in total. The zero-order valence-corrected chi connectivity index (χ0v) is 15.6. The first-order chi connectivity index (χ1) is 11.3. The molecule has 1 aromatic carbocycles. The van der Waals surface area contributed by atoms with Crippen LogP contribution in [0.2, 0.25) is 0 Å². The Morgan fingerprint density at radius 2 is 1.62 bits per heavy atom. The van der Waals surface area contributed by atoms with Crippen LogP contribution in [0.5, 0.6) is 0 Å². The molecule has 0 fully saturated rings. The number of benzene rings is 1. The van der Waals surface area contributed by atoms with Crippen LogP contribution in [0.1, 0.15) is 43.2 Å². The van der Waals surface area contributed by atoms with Crippen molar-refractivity contribution in [1.29, 1.82) is 0 Å². The van der Waals surface area contributed by atoms with Crippen LogP contribution in [0.15, 0.2) is 21.8 Å². The highest BCUT2D eigenvalue weighted by atomic mass is 32.2.